The average Bonchev–Trinajstić information content (AvgIpc) is 3.38. The average molecular weight is 526 g/mol. The second-order valence-electron chi connectivity index (χ2n) is 8.38. The SMILES string of the molecule is COC(=O)c1ccccc1-c1ccc(NC(=O)C2CC(OC)CN2C(=O)N(Cl)c2ccccc2)c(F)c1. The first-order valence-corrected chi connectivity index (χ1v) is 11.8. The number of carbonyl (C=O) groups is 3. The first-order valence-electron chi connectivity index (χ1n) is 11.5. The Morgan fingerprint density at radius 2 is 1.73 bits per heavy atom. The monoisotopic (exact) mass is 525 g/mol. The zero-order valence-electron chi connectivity index (χ0n) is 20.2. The molecule has 1 N–H and O–H groups in total. The summed E-state index contributed by atoms with van der Waals surface area (Å²) in [5, 5.41) is 2.57. The molecule has 1 saturated heterocycles. The number of hydrogen-bond donors (Lipinski definition) is 1. The minimum absolute atomic E-state index is 0.0663. The van der Waals surface area contributed by atoms with Gasteiger partial charge in [-0.1, -0.05) is 42.5 Å². The van der Waals surface area contributed by atoms with Gasteiger partial charge in [0, 0.05) is 31.9 Å². The van der Waals surface area contributed by atoms with Crippen LogP contribution < -0.4 is 9.74 Å². The van der Waals surface area contributed by atoms with E-state index in [1.807, 2.05) is 0 Å². The van der Waals surface area contributed by atoms with Gasteiger partial charge in [0.15, 0.2) is 0 Å². The van der Waals surface area contributed by atoms with Crippen molar-refractivity contribution in [3.8, 4) is 11.1 Å². The molecule has 8 nitrogen and oxygen atoms in total. The van der Waals surface area contributed by atoms with Gasteiger partial charge >= 0.3 is 12.0 Å². The number of anilines is 2. The van der Waals surface area contributed by atoms with Gasteiger partial charge in [-0.05, 0) is 41.5 Å². The van der Waals surface area contributed by atoms with Crippen LogP contribution in [0.15, 0.2) is 72.8 Å². The predicted octanol–water partition coefficient (Wildman–Crippen LogP) is 5.09. The van der Waals surface area contributed by atoms with Gasteiger partial charge in [0.2, 0.25) is 5.91 Å². The largest absolute Gasteiger partial charge is 0.465 e. The lowest BCUT2D eigenvalue weighted by Crippen LogP contribution is -2.47. The van der Waals surface area contributed by atoms with Gasteiger partial charge in [0.1, 0.15) is 11.9 Å². The van der Waals surface area contributed by atoms with Crippen molar-refractivity contribution in [3.05, 3.63) is 84.2 Å². The number of hydrogen-bond acceptors (Lipinski definition) is 5. The van der Waals surface area contributed by atoms with Crippen molar-refractivity contribution in [3.63, 3.8) is 0 Å². The molecule has 10 heteroatoms. The Bertz CT molecular complexity index is 1310. The smallest absolute Gasteiger partial charge is 0.340 e. The summed E-state index contributed by atoms with van der Waals surface area (Å²) in [5.74, 6) is -1.82. The van der Waals surface area contributed by atoms with E-state index < -0.39 is 29.8 Å². The van der Waals surface area contributed by atoms with Crippen molar-refractivity contribution in [2.24, 2.45) is 0 Å². The van der Waals surface area contributed by atoms with Crippen LogP contribution in [0.3, 0.4) is 0 Å². The molecule has 0 saturated carbocycles. The highest BCUT2D eigenvalue weighted by Gasteiger charge is 2.41. The van der Waals surface area contributed by atoms with E-state index in [-0.39, 0.29) is 30.3 Å². The third-order valence-electron chi connectivity index (χ3n) is 6.17. The molecule has 0 bridgehead atoms. The maximum atomic E-state index is 15.1. The van der Waals surface area contributed by atoms with Crippen molar-refractivity contribution in [1.82, 2.24) is 4.90 Å². The molecule has 2 atom stereocenters. The van der Waals surface area contributed by atoms with Crippen LogP contribution in [-0.4, -0.2) is 55.7 Å². The number of rotatable bonds is 6. The lowest BCUT2D eigenvalue weighted by atomic mass is 9.99. The topological polar surface area (TPSA) is 88.2 Å². The zero-order valence-corrected chi connectivity index (χ0v) is 20.9. The molecule has 3 aromatic carbocycles. The van der Waals surface area contributed by atoms with E-state index >= 15 is 4.39 Å². The number of benzene rings is 3. The molecule has 0 aliphatic carbocycles. The van der Waals surface area contributed by atoms with E-state index in [0.717, 1.165) is 4.42 Å². The Labute approximate surface area is 218 Å². The zero-order chi connectivity index (χ0) is 26.5. The van der Waals surface area contributed by atoms with Gasteiger partial charge in [0.25, 0.3) is 0 Å². The molecule has 3 aromatic rings. The lowest BCUT2D eigenvalue weighted by molar-refractivity contribution is -0.119. The minimum atomic E-state index is -0.929. The fraction of sp³-hybridized carbons (Fsp3) is 0.222. The van der Waals surface area contributed by atoms with Crippen LogP contribution in [0.4, 0.5) is 20.6 Å². The molecule has 1 heterocycles. The van der Waals surface area contributed by atoms with Crippen molar-refractivity contribution in [2.45, 2.75) is 18.6 Å². The Hall–Kier alpha value is -3.95. The maximum Gasteiger partial charge on any atom is 0.340 e. The summed E-state index contributed by atoms with van der Waals surface area (Å²) >= 11 is 6.28. The van der Waals surface area contributed by atoms with E-state index in [4.69, 9.17) is 21.3 Å². The number of amides is 3. The van der Waals surface area contributed by atoms with Crippen LogP contribution in [0.2, 0.25) is 0 Å². The third-order valence-corrected chi connectivity index (χ3v) is 6.51. The van der Waals surface area contributed by atoms with E-state index in [2.05, 4.69) is 5.32 Å². The highest BCUT2D eigenvalue weighted by Crippen LogP contribution is 2.30. The molecular formula is C27H25ClFN3O5. The fourth-order valence-electron chi connectivity index (χ4n) is 4.23. The van der Waals surface area contributed by atoms with Crippen LogP contribution in [0.25, 0.3) is 11.1 Å². The summed E-state index contributed by atoms with van der Waals surface area (Å²) in [5.41, 5.74) is 1.60. The molecule has 3 amide bonds. The molecule has 0 spiro atoms. The highest BCUT2D eigenvalue weighted by molar-refractivity contribution is 6.36. The fourth-order valence-corrected chi connectivity index (χ4v) is 4.44. The van der Waals surface area contributed by atoms with Gasteiger partial charge < -0.3 is 19.7 Å². The second-order valence-corrected chi connectivity index (χ2v) is 8.72. The summed E-state index contributed by atoms with van der Waals surface area (Å²) in [6, 6.07) is 18.0. The molecule has 1 aliphatic heterocycles. The number of methoxy groups -OCH3 is 2. The molecule has 2 unspecified atom stereocenters. The summed E-state index contributed by atoms with van der Waals surface area (Å²) in [7, 11) is 2.76. The maximum absolute atomic E-state index is 15.1. The minimum Gasteiger partial charge on any atom is -0.465 e. The van der Waals surface area contributed by atoms with Crippen LogP contribution in [0, 0.1) is 5.82 Å². The first kappa shape index (κ1) is 26.1. The molecule has 1 fully saturated rings. The van der Waals surface area contributed by atoms with E-state index in [1.54, 1.807) is 60.7 Å². The summed E-state index contributed by atoms with van der Waals surface area (Å²) in [4.78, 5) is 39.7. The Morgan fingerprint density at radius 1 is 1.03 bits per heavy atom. The van der Waals surface area contributed by atoms with Crippen LogP contribution in [-0.2, 0) is 14.3 Å². The number of carbonyl (C=O) groups excluding carboxylic acids is 3. The molecule has 0 aromatic heterocycles. The lowest BCUT2D eigenvalue weighted by Gasteiger charge is -2.27. The van der Waals surface area contributed by atoms with Crippen molar-refractivity contribution in [2.75, 3.05) is 30.5 Å². The van der Waals surface area contributed by atoms with Crippen molar-refractivity contribution in [1.29, 1.82) is 0 Å². The number of likely N-dealkylation sites (tertiary alicyclic amines) is 1. The quantitative estimate of drug-likeness (QED) is 0.358. The predicted molar refractivity (Wildman–Crippen MR) is 138 cm³/mol. The Balaban J connectivity index is 1.54. The second kappa shape index (κ2) is 11.4. The van der Waals surface area contributed by atoms with Gasteiger partial charge in [-0.25, -0.2) is 18.4 Å². The normalized spacial score (nSPS) is 16.8. The van der Waals surface area contributed by atoms with Crippen LogP contribution in [0.1, 0.15) is 16.8 Å². The molecule has 4 rings (SSSR count). The number of ether oxygens (including phenoxy) is 2. The number of halogens is 2. The van der Waals surface area contributed by atoms with Gasteiger partial charge in [-0.2, -0.15) is 0 Å². The van der Waals surface area contributed by atoms with E-state index in [9.17, 15) is 14.4 Å². The highest BCUT2D eigenvalue weighted by atomic mass is 35.5. The number of urea groups is 1. The molecule has 1 aliphatic rings. The van der Waals surface area contributed by atoms with E-state index in [1.165, 1.54) is 31.3 Å². The summed E-state index contributed by atoms with van der Waals surface area (Å²) in [6.07, 6.45) is -0.164. The van der Waals surface area contributed by atoms with Crippen LogP contribution in [0.5, 0.6) is 0 Å². The van der Waals surface area contributed by atoms with Crippen molar-refractivity contribution < 1.29 is 28.2 Å². The standard InChI is InChI=1S/C27H25ClFN3O5/c1-36-19-15-24(31(16-19)27(35)32(28)18-8-4-3-5-9-18)25(33)30-23-13-12-17(14-22(23)29)20-10-6-7-11-21(20)26(34)37-2/h3-14,19,24H,15-16H2,1-2H3,(H,30,33). The number of para-hydroxylation sites is 1. The first-order chi connectivity index (χ1) is 17.8. The van der Waals surface area contributed by atoms with E-state index in [0.29, 0.717) is 16.8 Å². The molecule has 37 heavy (non-hydrogen) atoms. The molecule has 0 radical (unpaired) electrons. The molecular weight excluding hydrogens is 501 g/mol. The number of esters is 1. The Morgan fingerprint density at radius 3 is 2.41 bits per heavy atom. The number of nitrogens with zero attached hydrogens (tertiary/aromatic N) is 2. The van der Waals surface area contributed by atoms with Gasteiger partial charge in [0.05, 0.1) is 30.2 Å². The molecule has 192 valence electrons. The summed E-state index contributed by atoms with van der Waals surface area (Å²) < 4.78 is 26.2. The van der Waals surface area contributed by atoms with Crippen LogP contribution >= 0.6 is 11.8 Å². The van der Waals surface area contributed by atoms with Gasteiger partial charge in [-0.15, -0.1) is 0 Å². The van der Waals surface area contributed by atoms with Crippen molar-refractivity contribution >= 4 is 41.1 Å². The Kier molecular flexibility index (Phi) is 8.05. The third kappa shape index (κ3) is 5.58. The summed E-state index contributed by atoms with van der Waals surface area (Å²) in [6.45, 7) is 0.148. The van der Waals surface area contributed by atoms with Gasteiger partial charge in [-0.3, -0.25) is 4.79 Å². The number of nitrogens with one attached hydrogen (secondary N) is 1.